The third kappa shape index (κ3) is 5.96. The van der Waals surface area contributed by atoms with E-state index >= 15 is 0 Å². The van der Waals surface area contributed by atoms with Crippen molar-refractivity contribution in [2.24, 2.45) is 0 Å². The summed E-state index contributed by atoms with van der Waals surface area (Å²) in [5, 5.41) is 9.57. The van der Waals surface area contributed by atoms with Gasteiger partial charge in [0, 0.05) is 68.7 Å². The summed E-state index contributed by atoms with van der Waals surface area (Å²) in [6.07, 6.45) is 0. The minimum absolute atomic E-state index is 0.782. The zero-order valence-corrected chi connectivity index (χ0v) is 19.2. The minimum Gasteiger partial charge on any atom is -0.373 e. The van der Waals surface area contributed by atoms with Gasteiger partial charge in [0.1, 0.15) is 0 Å². The van der Waals surface area contributed by atoms with Gasteiger partial charge in [0.15, 0.2) is 0 Å². The molecular weight excluding hydrogens is 426 g/mol. The van der Waals surface area contributed by atoms with Gasteiger partial charge in [-0.2, -0.15) is 5.26 Å². The first kappa shape index (κ1) is 21.6. The van der Waals surface area contributed by atoms with Gasteiger partial charge in [0.2, 0.25) is 0 Å². The molecule has 1 fully saturated rings. The van der Waals surface area contributed by atoms with Crippen molar-refractivity contribution < 1.29 is 0 Å². The summed E-state index contributed by atoms with van der Waals surface area (Å²) in [4.78, 5) is 9.33. The Morgan fingerprint density at radius 1 is 0.966 bits per heavy atom. The first-order valence-electron chi connectivity index (χ1n) is 10.1. The van der Waals surface area contributed by atoms with Crippen molar-refractivity contribution in [2.75, 3.05) is 70.2 Å². The number of rotatable bonds is 7. The van der Waals surface area contributed by atoms with Gasteiger partial charge in [0.05, 0.1) is 11.6 Å². The number of halogens is 1. The van der Waals surface area contributed by atoms with Crippen molar-refractivity contribution in [3.63, 3.8) is 0 Å². The van der Waals surface area contributed by atoms with E-state index in [-0.39, 0.29) is 0 Å². The van der Waals surface area contributed by atoms with Crippen molar-refractivity contribution in [3.8, 4) is 6.07 Å². The summed E-state index contributed by atoms with van der Waals surface area (Å²) in [6, 6.07) is 17.1. The van der Waals surface area contributed by atoms with Crippen LogP contribution in [0.2, 0.25) is 0 Å². The normalized spacial score (nSPS) is 14.8. The van der Waals surface area contributed by atoms with E-state index in [9.17, 15) is 5.26 Å². The molecule has 6 heteroatoms. The Balaban J connectivity index is 1.63. The molecule has 0 unspecified atom stereocenters. The minimum atomic E-state index is 0.782. The molecule has 2 aromatic rings. The number of benzene rings is 2. The van der Waals surface area contributed by atoms with Gasteiger partial charge in [-0.15, -0.1) is 0 Å². The number of anilines is 2. The predicted octanol–water partition coefficient (Wildman–Crippen LogP) is 3.64. The van der Waals surface area contributed by atoms with Crippen LogP contribution in [0.15, 0.2) is 46.9 Å². The van der Waals surface area contributed by atoms with E-state index in [2.05, 4.69) is 99.1 Å². The molecule has 3 rings (SSSR count). The maximum absolute atomic E-state index is 9.57. The Morgan fingerprint density at radius 3 is 2.28 bits per heavy atom. The lowest BCUT2D eigenvalue weighted by atomic mass is 10.1. The van der Waals surface area contributed by atoms with Crippen LogP contribution in [0.4, 0.5) is 11.4 Å². The summed E-state index contributed by atoms with van der Waals surface area (Å²) in [5.41, 5.74) is 4.35. The standard InChI is InChI=1S/C23H30BrN5/c1-26(2)10-11-27(3)23-7-4-19(17-25)20(16-23)18-28-12-14-29(15-13-28)22-8-5-21(24)6-9-22/h4-9,16H,10-15,18H2,1-3H3. The van der Waals surface area contributed by atoms with E-state index in [0.29, 0.717) is 0 Å². The monoisotopic (exact) mass is 455 g/mol. The molecule has 0 aromatic heterocycles. The highest BCUT2D eigenvalue weighted by Crippen LogP contribution is 2.23. The third-order valence-corrected chi connectivity index (χ3v) is 6.02. The van der Waals surface area contributed by atoms with Gasteiger partial charge in [-0.1, -0.05) is 15.9 Å². The fraction of sp³-hybridized carbons (Fsp3) is 0.435. The average molecular weight is 456 g/mol. The van der Waals surface area contributed by atoms with Crippen LogP contribution in [-0.4, -0.2) is 70.2 Å². The number of nitriles is 1. The molecule has 1 saturated heterocycles. The fourth-order valence-corrected chi connectivity index (χ4v) is 3.86. The molecule has 1 heterocycles. The molecule has 0 atom stereocenters. The Hall–Kier alpha value is -2.07. The number of piperazine rings is 1. The Kier molecular flexibility index (Phi) is 7.54. The van der Waals surface area contributed by atoms with Gasteiger partial charge in [-0.05, 0) is 62.1 Å². The Morgan fingerprint density at radius 2 is 1.66 bits per heavy atom. The van der Waals surface area contributed by atoms with Crippen LogP contribution in [0.1, 0.15) is 11.1 Å². The molecule has 0 N–H and O–H groups in total. The molecule has 0 bridgehead atoms. The maximum atomic E-state index is 9.57. The van der Waals surface area contributed by atoms with Crippen molar-refractivity contribution in [1.82, 2.24) is 9.80 Å². The molecule has 1 aliphatic rings. The number of likely N-dealkylation sites (N-methyl/N-ethyl adjacent to an activating group) is 2. The lowest BCUT2D eigenvalue weighted by Gasteiger charge is -2.36. The lowest BCUT2D eigenvalue weighted by molar-refractivity contribution is 0.249. The zero-order valence-electron chi connectivity index (χ0n) is 17.6. The number of hydrogen-bond donors (Lipinski definition) is 0. The van der Waals surface area contributed by atoms with E-state index in [1.807, 2.05) is 6.07 Å². The van der Waals surface area contributed by atoms with Crippen LogP contribution < -0.4 is 9.80 Å². The van der Waals surface area contributed by atoms with Crippen LogP contribution in [0, 0.1) is 11.3 Å². The topological polar surface area (TPSA) is 36.8 Å². The molecule has 1 aliphatic heterocycles. The second-order valence-electron chi connectivity index (χ2n) is 7.92. The largest absolute Gasteiger partial charge is 0.373 e. The van der Waals surface area contributed by atoms with Crippen molar-refractivity contribution in [3.05, 3.63) is 58.1 Å². The predicted molar refractivity (Wildman–Crippen MR) is 125 cm³/mol. The van der Waals surface area contributed by atoms with Gasteiger partial charge >= 0.3 is 0 Å². The highest BCUT2D eigenvalue weighted by molar-refractivity contribution is 9.10. The quantitative estimate of drug-likeness (QED) is 0.636. The number of nitrogens with zero attached hydrogens (tertiary/aromatic N) is 5. The lowest BCUT2D eigenvalue weighted by Crippen LogP contribution is -2.46. The van der Waals surface area contributed by atoms with E-state index in [4.69, 9.17) is 0 Å². The van der Waals surface area contributed by atoms with Gasteiger partial charge in [-0.3, -0.25) is 4.90 Å². The summed E-state index contributed by atoms with van der Waals surface area (Å²) in [7, 11) is 6.30. The smallest absolute Gasteiger partial charge is 0.0995 e. The molecule has 29 heavy (non-hydrogen) atoms. The first-order chi connectivity index (χ1) is 14.0. The molecule has 0 saturated carbocycles. The van der Waals surface area contributed by atoms with Gasteiger partial charge in [-0.25, -0.2) is 0 Å². The Labute approximate surface area is 183 Å². The molecule has 2 aromatic carbocycles. The van der Waals surface area contributed by atoms with E-state index in [0.717, 1.165) is 61.4 Å². The van der Waals surface area contributed by atoms with E-state index < -0.39 is 0 Å². The summed E-state index contributed by atoms with van der Waals surface area (Å²) in [6.45, 7) is 6.81. The van der Waals surface area contributed by atoms with E-state index in [1.54, 1.807) is 0 Å². The molecule has 5 nitrogen and oxygen atoms in total. The highest BCUT2D eigenvalue weighted by atomic mass is 79.9. The molecular formula is C23H30BrN5. The Bertz CT molecular complexity index is 835. The van der Waals surface area contributed by atoms with Crippen LogP contribution in [0.3, 0.4) is 0 Å². The third-order valence-electron chi connectivity index (χ3n) is 5.49. The van der Waals surface area contributed by atoms with Crippen molar-refractivity contribution in [1.29, 1.82) is 5.26 Å². The van der Waals surface area contributed by atoms with Crippen LogP contribution in [-0.2, 0) is 6.54 Å². The average Bonchev–Trinajstić information content (AvgIpc) is 2.73. The van der Waals surface area contributed by atoms with Gasteiger partial charge in [0.25, 0.3) is 0 Å². The SMILES string of the molecule is CN(C)CCN(C)c1ccc(C#N)c(CN2CCN(c3ccc(Br)cc3)CC2)c1. The second-order valence-corrected chi connectivity index (χ2v) is 8.83. The molecule has 0 aliphatic carbocycles. The first-order valence-corrected chi connectivity index (χ1v) is 10.9. The van der Waals surface area contributed by atoms with Crippen LogP contribution in [0.25, 0.3) is 0 Å². The molecule has 0 spiro atoms. The summed E-state index contributed by atoms with van der Waals surface area (Å²) < 4.78 is 1.11. The number of hydrogen-bond acceptors (Lipinski definition) is 5. The summed E-state index contributed by atoms with van der Waals surface area (Å²) in [5.74, 6) is 0. The zero-order chi connectivity index (χ0) is 20.8. The highest BCUT2D eigenvalue weighted by Gasteiger charge is 2.19. The maximum Gasteiger partial charge on any atom is 0.0995 e. The molecule has 0 radical (unpaired) electrons. The molecule has 0 amide bonds. The van der Waals surface area contributed by atoms with Crippen LogP contribution in [0.5, 0.6) is 0 Å². The van der Waals surface area contributed by atoms with Gasteiger partial charge < -0.3 is 14.7 Å². The van der Waals surface area contributed by atoms with E-state index in [1.165, 1.54) is 11.4 Å². The van der Waals surface area contributed by atoms with Crippen LogP contribution >= 0.6 is 15.9 Å². The fourth-order valence-electron chi connectivity index (χ4n) is 3.59. The molecule has 154 valence electrons. The summed E-state index contributed by atoms with van der Waals surface area (Å²) >= 11 is 3.50. The second kappa shape index (κ2) is 10.1. The van der Waals surface area contributed by atoms with Crippen molar-refractivity contribution >= 4 is 27.3 Å². The van der Waals surface area contributed by atoms with Crippen molar-refractivity contribution in [2.45, 2.75) is 6.54 Å².